The highest BCUT2D eigenvalue weighted by atomic mass is 14.6. The van der Waals surface area contributed by atoms with Crippen molar-refractivity contribution >= 4 is 16.3 Å². The maximum atomic E-state index is 4.09. The lowest BCUT2D eigenvalue weighted by Crippen LogP contribution is -1.80. The molecule has 0 saturated heterocycles. The summed E-state index contributed by atoms with van der Waals surface area (Å²) in [5.41, 5.74) is 2.59. The molecule has 0 N–H and O–H groups in total. The van der Waals surface area contributed by atoms with Gasteiger partial charge < -0.3 is 0 Å². The van der Waals surface area contributed by atoms with E-state index in [9.17, 15) is 0 Å². The van der Waals surface area contributed by atoms with Crippen molar-refractivity contribution in [2.24, 2.45) is 0 Å². The van der Waals surface area contributed by atoms with Gasteiger partial charge in [0.25, 0.3) is 0 Å². The average molecular weight is 183 g/mol. The molecule has 0 aliphatic heterocycles. The fraction of sp³-hybridized carbons (Fsp3) is 0.154. The minimum absolute atomic E-state index is 1.19. The molecule has 0 unspecified atom stereocenters. The first-order chi connectivity index (χ1) is 6.81. The van der Waals surface area contributed by atoms with Crippen LogP contribution in [0.5, 0.6) is 0 Å². The summed E-state index contributed by atoms with van der Waals surface area (Å²) in [5.74, 6) is 0. The van der Waals surface area contributed by atoms with Crippen LogP contribution >= 0.6 is 0 Å². The fourth-order valence-electron chi connectivity index (χ4n) is 1.50. The van der Waals surface area contributed by atoms with Crippen LogP contribution in [0.1, 0.15) is 19.4 Å². The molecule has 0 amide bonds. The minimum atomic E-state index is 1.19. The van der Waals surface area contributed by atoms with E-state index >= 15 is 0 Å². The first-order valence-electron chi connectivity index (χ1n) is 4.78. The van der Waals surface area contributed by atoms with Gasteiger partial charge in [0, 0.05) is 17.8 Å². The van der Waals surface area contributed by atoms with Gasteiger partial charge in [-0.05, 0) is 42.5 Å². The van der Waals surface area contributed by atoms with Crippen molar-refractivity contribution in [2.45, 2.75) is 13.8 Å². The molecule has 0 bridgehead atoms. The van der Waals surface area contributed by atoms with Crippen LogP contribution < -0.4 is 0 Å². The molecule has 2 rings (SSSR count). The van der Waals surface area contributed by atoms with Gasteiger partial charge in [-0.2, -0.15) is 0 Å². The molecular formula is C13H13N. The molecule has 1 heteroatoms. The molecule has 0 fully saturated rings. The quantitative estimate of drug-likeness (QED) is 0.657. The molecule has 1 aromatic carbocycles. The molecule has 70 valence electrons. The number of aromatic nitrogens is 1. The topological polar surface area (TPSA) is 12.9 Å². The van der Waals surface area contributed by atoms with Gasteiger partial charge >= 0.3 is 0 Å². The Hall–Kier alpha value is -1.63. The van der Waals surface area contributed by atoms with Gasteiger partial charge in [-0.15, -0.1) is 0 Å². The largest absolute Gasteiger partial charge is 0.264 e. The Kier molecular flexibility index (Phi) is 2.32. The van der Waals surface area contributed by atoms with Gasteiger partial charge in [-0.3, -0.25) is 4.98 Å². The summed E-state index contributed by atoms with van der Waals surface area (Å²) >= 11 is 0. The molecule has 0 atom stereocenters. The monoisotopic (exact) mass is 183 g/mol. The molecule has 0 aliphatic carbocycles. The zero-order chi connectivity index (χ0) is 9.97. The predicted octanol–water partition coefficient (Wildman–Crippen LogP) is 3.66. The van der Waals surface area contributed by atoms with E-state index < -0.39 is 0 Å². The SMILES string of the molecule is C/C=C(\C)c1ccc2cnccc2c1. The Labute approximate surface area is 84.1 Å². The van der Waals surface area contributed by atoms with Crippen LogP contribution in [0.3, 0.4) is 0 Å². The predicted molar refractivity (Wildman–Crippen MR) is 61.1 cm³/mol. The second kappa shape index (κ2) is 3.62. The Balaban J connectivity index is 2.62. The molecule has 0 spiro atoms. The average Bonchev–Trinajstić information content (AvgIpc) is 2.27. The Morgan fingerprint density at radius 1 is 1.21 bits per heavy atom. The van der Waals surface area contributed by atoms with Crippen LogP contribution in [0.25, 0.3) is 16.3 Å². The maximum Gasteiger partial charge on any atom is 0.0346 e. The molecule has 1 nitrogen and oxygen atoms in total. The molecule has 0 aliphatic rings. The van der Waals surface area contributed by atoms with Crippen LogP contribution in [-0.4, -0.2) is 4.98 Å². The summed E-state index contributed by atoms with van der Waals surface area (Å²) in [6.07, 6.45) is 5.85. The minimum Gasteiger partial charge on any atom is -0.264 e. The van der Waals surface area contributed by atoms with Gasteiger partial charge in [-0.25, -0.2) is 0 Å². The molecule has 2 aromatic rings. The van der Waals surface area contributed by atoms with Crippen LogP contribution in [-0.2, 0) is 0 Å². The van der Waals surface area contributed by atoms with E-state index in [1.807, 2.05) is 18.5 Å². The van der Waals surface area contributed by atoms with Gasteiger partial charge in [0.1, 0.15) is 0 Å². The summed E-state index contributed by atoms with van der Waals surface area (Å²) in [6, 6.07) is 8.50. The van der Waals surface area contributed by atoms with Crippen molar-refractivity contribution < 1.29 is 0 Å². The number of nitrogens with zero attached hydrogens (tertiary/aromatic N) is 1. The summed E-state index contributed by atoms with van der Waals surface area (Å²) in [7, 11) is 0. The number of hydrogen-bond donors (Lipinski definition) is 0. The van der Waals surface area contributed by atoms with Crippen molar-refractivity contribution in [1.82, 2.24) is 4.98 Å². The molecule has 0 saturated carbocycles. The molecule has 1 aromatic heterocycles. The van der Waals surface area contributed by atoms with Crippen molar-refractivity contribution in [3.05, 3.63) is 48.3 Å². The molecule has 14 heavy (non-hydrogen) atoms. The lowest BCUT2D eigenvalue weighted by Gasteiger charge is -2.02. The van der Waals surface area contributed by atoms with E-state index in [1.54, 1.807) is 0 Å². The second-order valence-electron chi connectivity index (χ2n) is 3.41. The third-order valence-corrected chi connectivity index (χ3v) is 2.53. The van der Waals surface area contributed by atoms with E-state index in [2.05, 4.69) is 43.1 Å². The normalized spacial score (nSPS) is 12.0. The zero-order valence-corrected chi connectivity index (χ0v) is 8.49. The van der Waals surface area contributed by atoms with E-state index in [1.165, 1.54) is 21.9 Å². The van der Waals surface area contributed by atoms with Crippen LogP contribution in [0.2, 0.25) is 0 Å². The van der Waals surface area contributed by atoms with Gasteiger partial charge in [0.2, 0.25) is 0 Å². The van der Waals surface area contributed by atoms with E-state index in [4.69, 9.17) is 0 Å². The Morgan fingerprint density at radius 2 is 2.07 bits per heavy atom. The Bertz CT molecular complexity index is 483. The van der Waals surface area contributed by atoms with Crippen LogP contribution in [0, 0.1) is 0 Å². The molecular weight excluding hydrogens is 170 g/mol. The van der Waals surface area contributed by atoms with Gasteiger partial charge in [0.05, 0.1) is 0 Å². The molecule has 1 heterocycles. The lowest BCUT2D eigenvalue weighted by molar-refractivity contribution is 1.36. The number of hydrogen-bond acceptors (Lipinski definition) is 1. The highest BCUT2D eigenvalue weighted by Gasteiger charge is 1.96. The first kappa shape index (κ1) is 8.95. The summed E-state index contributed by atoms with van der Waals surface area (Å²) < 4.78 is 0. The lowest BCUT2D eigenvalue weighted by atomic mass is 10.0. The van der Waals surface area contributed by atoms with Crippen molar-refractivity contribution in [3.63, 3.8) is 0 Å². The summed E-state index contributed by atoms with van der Waals surface area (Å²) in [6.45, 7) is 4.19. The van der Waals surface area contributed by atoms with Crippen LogP contribution in [0.4, 0.5) is 0 Å². The third-order valence-electron chi connectivity index (χ3n) is 2.53. The van der Waals surface area contributed by atoms with Crippen molar-refractivity contribution in [1.29, 1.82) is 0 Å². The standard InChI is InChI=1S/C13H13N/c1-3-10(2)11-4-5-13-9-14-7-6-12(13)8-11/h3-9H,1-2H3/b10-3+. The van der Waals surface area contributed by atoms with E-state index in [-0.39, 0.29) is 0 Å². The van der Waals surface area contributed by atoms with Crippen molar-refractivity contribution in [2.75, 3.05) is 0 Å². The van der Waals surface area contributed by atoms with Gasteiger partial charge in [0.15, 0.2) is 0 Å². The van der Waals surface area contributed by atoms with Gasteiger partial charge in [-0.1, -0.05) is 18.2 Å². The van der Waals surface area contributed by atoms with Crippen molar-refractivity contribution in [3.8, 4) is 0 Å². The van der Waals surface area contributed by atoms with E-state index in [0.29, 0.717) is 0 Å². The van der Waals surface area contributed by atoms with E-state index in [0.717, 1.165) is 0 Å². The number of benzene rings is 1. The van der Waals surface area contributed by atoms with Crippen LogP contribution in [0.15, 0.2) is 42.7 Å². The number of fused-ring (bicyclic) bond motifs is 1. The summed E-state index contributed by atoms with van der Waals surface area (Å²) in [5, 5.41) is 2.44. The number of pyridine rings is 1. The highest BCUT2D eigenvalue weighted by Crippen LogP contribution is 2.19. The first-order valence-corrected chi connectivity index (χ1v) is 4.78. The molecule has 0 radical (unpaired) electrons. The summed E-state index contributed by atoms with van der Waals surface area (Å²) in [4.78, 5) is 4.09. The Morgan fingerprint density at radius 3 is 2.86 bits per heavy atom. The zero-order valence-electron chi connectivity index (χ0n) is 8.49. The highest BCUT2D eigenvalue weighted by molar-refractivity contribution is 5.85. The fourth-order valence-corrected chi connectivity index (χ4v) is 1.50. The number of allylic oxidation sites excluding steroid dienone is 2. The second-order valence-corrected chi connectivity index (χ2v) is 3.41. The smallest absolute Gasteiger partial charge is 0.0346 e. The third kappa shape index (κ3) is 1.53. The number of rotatable bonds is 1. The maximum absolute atomic E-state index is 4.09.